The number of H-pyrrole nitrogens is 1. The first-order valence-electron chi connectivity index (χ1n) is 13.5. The van der Waals surface area contributed by atoms with Gasteiger partial charge in [0.1, 0.15) is 5.65 Å². The Morgan fingerprint density at radius 1 is 0.943 bits per heavy atom. The number of fused-ring (bicyclic) bond motifs is 3. The Morgan fingerprint density at radius 2 is 1.77 bits per heavy atom. The van der Waals surface area contributed by atoms with Crippen molar-refractivity contribution in [3.8, 4) is 0 Å². The molecule has 0 radical (unpaired) electrons. The molecule has 1 aliphatic carbocycles. The van der Waals surface area contributed by atoms with Gasteiger partial charge in [0.25, 0.3) is 0 Å². The fourth-order valence-corrected chi connectivity index (χ4v) is 8.76. The van der Waals surface area contributed by atoms with Crippen LogP contribution in [0.5, 0.6) is 0 Å². The Balaban J connectivity index is 1.10. The smallest absolute Gasteiger partial charge is 0.214 e. The summed E-state index contributed by atoms with van der Waals surface area (Å²) in [4.78, 5) is 15.1. The van der Waals surface area contributed by atoms with E-state index in [0.717, 1.165) is 73.7 Å². The van der Waals surface area contributed by atoms with E-state index >= 15 is 0 Å². The van der Waals surface area contributed by atoms with E-state index in [9.17, 15) is 8.42 Å². The van der Waals surface area contributed by atoms with Gasteiger partial charge in [-0.2, -0.15) is 0 Å². The number of pyridine rings is 2. The van der Waals surface area contributed by atoms with Crippen LogP contribution in [0.2, 0.25) is 0 Å². The molecular weight excluding hydrogens is 458 g/mol. The number of rotatable bonds is 6. The van der Waals surface area contributed by atoms with Crippen LogP contribution in [0.3, 0.4) is 0 Å². The molecule has 0 aromatic carbocycles. The molecule has 2 aliphatic heterocycles. The van der Waals surface area contributed by atoms with Crippen LogP contribution in [0, 0.1) is 11.8 Å². The van der Waals surface area contributed by atoms with Gasteiger partial charge in [-0.25, -0.2) is 17.7 Å². The Labute approximate surface area is 208 Å². The standard InChI is InChI=1S/C27H37N5O2S/c33-35(34,32-15-3-4-21(18-32)17-31-13-1-2-14-31)19-20-5-7-22(8-6-20)26-25-23(9-11-28-26)16-30-27-24(25)10-12-29-27/h9-12,16,20-22H,1-8,13-15,17-19H2,(H,29,30). The highest BCUT2D eigenvalue weighted by Gasteiger charge is 2.34. The highest BCUT2D eigenvalue weighted by Crippen LogP contribution is 2.40. The van der Waals surface area contributed by atoms with E-state index in [-0.39, 0.29) is 5.92 Å². The third-order valence-electron chi connectivity index (χ3n) is 8.61. The number of hydrogen-bond donors (Lipinski definition) is 1. The van der Waals surface area contributed by atoms with Gasteiger partial charge in [0.2, 0.25) is 10.0 Å². The van der Waals surface area contributed by atoms with Gasteiger partial charge in [0, 0.05) is 60.3 Å². The topological polar surface area (TPSA) is 82.2 Å². The number of nitrogens with one attached hydrogen (secondary N) is 1. The van der Waals surface area contributed by atoms with E-state index in [0.29, 0.717) is 24.1 Å². The quantitative estimate of drug-likeness (QED) is 0.544. The molecule has 0 bridgehead atoms. The zero-order valence-electron chi connectivity index (χ0n) is 20.5. The molecular formula is C27H37N5O2S. The van der Waals surface area contributed by atoms with Crippen molar-refractivity contribution >= 4 is 31.8 Å². The van der Waals surface area contributed by atoms with Crippen molar-refractivity contribution in [3.05, 3.63) is 36.4 Å². The highest BCUT2D eigenvalue weighted by molar-refractivity contribution is 7.89. The summed E-state index contributed by atoms with van der Waals surface area (Å²) in [5.74, 6) is 1.42. The maximum atomic E-state index is 13.4. The molecule has 1 unspecified atom stereocenters. The first kappa shape index (κ1) is 23.4. The second-order valence-corrected chi connectivity index (χ2v) is 13.0. The third-order valence-corrected chi connectivity index (χ3v) is 10.6. The summed E-state index contributed by atoms with van der Waals surface area (Å²) in [6, 6.07) is 4.12. The molecule has 188 valence electrons. The molecule has 6 rings (SSSR count). The van der Waals surface area contributed by atoms with Crippen molar-refractivity contribution in [2.75, 3.05) is 38.5 Å². The predicted octanol–water partition coefficient (Wildman–Crippen LogP) is 4.52. The molecule has 3 aromatic rings. The molecule has 3 aliphatic rings. The van der Waals surface area contributed by atoms with Crippen LogP contribution in [-0.2, 0) is 10.0 Å². The minimum Gasteiger partial charge on any atom is -0.346 e. The second kappa shape index (κ2) is 9.79. The van der Waals surface area contributed by atoms with Gasteiger partial charge in [-0.05, 0) is 88.4 Å². The molecule has 3 aromatic heterocycles. The fraction of sp³-hybridized carbons (Fsp3) is 0.630. The zero-order chi connectivity index (χ0) is 23.8. The number of hydrogen-bond acceptors (Lipinski definition) is 5. The van der Waals surface area contributed by atoms with Crippen LogP contribution in [0.25, 0.3) is 21.8 Å². The molecule has 35 heavy (non-hydrogen) atoms. The number of aromatic amines is 1. The summed E-state index contributed by atoms with van der Waals surface area (Å²) in [7, 11) is -3.20. The van der Waals surface area contributed by atoms with Gasteiger partial charge < -0.3 is 9.88 Å². The number of sulfonamides is 1. The SMILES string of the molecule is O=S(=O)(CC1CCC(c2nccc3cnc4[nH]ccc4c23)CC1)N1CCCC(CN2CCCC2)C1. The largest absolute Gasteiger partial charge is 0.346 e. The van der Waals surface area contributed by atoms with Gasteiger partial charge in [-0.1, -0.05) is 0 Å². The molecule has 5 heterocycles. The zero-order valence-corrected chi connectivity index (χ0v) is 21.3. The minimum atomic E-state index is -3.20. The number of aromatic nitrogens is 3. The molecule has 3 fully saturated rings. The van der Waals surface area contributed by atoms with Crippen molar-refractivity contribution < 1.29 is 8.42 Å². The van der Waals surface area contributed by atoms with E-state index in [1.807, 2.05) is 29.0 Å². The average molecular weight is 496 g/mol. The van der Waals surface area contributed by atoms with Crippen molar-refractivity contribution in [1.29, 1.82) is 0 Å². The molecule has 0 spiro atoms. The van der Waals surface area contributed by atoms with E-state index < -0.39 is 10.0 Å². The highest BCUT2D eigenvalue weighted by atomic mass is 32.2. The average Bonchev–Trinajstić information content (AvgIpc) is 3.56. The van der Waals surface area contributed by atoms with Crippen LogP contribution >= 0.6 is 0 Å². The number of likely N-dealkylation sites (tertiary alicyclic amines) is 1. The molecule has 7 nitrogen and oxygen atoms in total. The number of piperidine rings is 1. The lowest BCUT2D eigenvalue weighted by Crippen LogP contribution is -2.45. The third kappa shape index (κ3) is 4.85. The van der Waals surface area contributed by atoms with E-state index in [1.165, 1.54) is 31.3 Å². The van der Waals surface area contributed by atoms with Crippen molar-refractivity contribution in [2.45, 2.75) is 57.3 Å². The van der Waals surface area contributed by atoms with Crippen molar-refractivity contribution in [3.63, 3.8) is 0 Å². The van der Waals surface area contributed by atoms with Crippen LogP contribution in [0.4, 0.5) is 0 Å². The Hall–Kier alpha value is -2.03. The van der Waals surface area contributed by atoms with Crippen molar-refractivity contribution in [1.82, 2.24) is 24.2 Å². The first-order chi connectivity index (χ1) is 17.1. The van der Waals surface area contributed by atoms with E-state index in [1.54, 1.807) is 0 Å². The van der Waals surface area contributed by atoms with Gasteiger partial charge in [0.15, 0.2) is 0 Å². The fourth-order valence-electron chi connectivity index (χ4n) is 6.77. The Bertz CT molecular complexity index is 1280. The lowest BCUT2D eigenvalue weighted by atomic mass is 9.80. The lowest BCUT2D eigenvalue weighted by molar-refractivity contribution is 0.199. The summed E-state index contributed by atoms with van der Waals surface area (Å²) in [5.41, 5.74) is 2.05. The summed E-state index contributed by atoms with van der Waals surface area (Å²) < 4.78 is 28.6. The Morgan fingerprint density at radius 3 is 2.60 bits per heavy atom. The van der Waals surface area contributed by atoms with E-state index in [4.69, 9.17) is 4.98 Å². The first-order valence-corrected chi connectivity index (χ1v) is 15.1. The normalized spacial score (nSPS) is 27.1. The molecule has 8 heteroatoms. The predicted molar refractivity (Wildman–Crippen MR) is 140 cm³/mol. The minimum absolute atomic E-state index is 0.249. The monoisotopic (exact) mass is 495 g/mol. The van der Waals surface area contributed by atoms with Gasteiger partial charge >= 0.3 is 0 Å². The maximum Gasteiger partial charge on any atom is 0.214 e. The molecule has 1 atom stereocenters. The van der Waals surface area contributed by atoms with Crippen molar-refractivity contribution in [2.24, 2.45) is 11.8 Å². The molecule has 1 N–H and O–H groups in total. The number of nitrogens with zero attached hydrogens (tertiary/aromatic N) is 4. The summed E-state index contributed by atoms with van der Waals surface area (Å²) >= 11 is 0. The van der Waals surface area contributed by atoms with Crippen LogP contribution < -0.4 is 0 Å². The van der Waals surface area contributed by atoms with Crippen LogP contribution in [0.1, 0.15) is 63.0 Å². The van der Waals surface area contributed by atoms with Crippen LogP contribution in [0.15, 0.2) is 30.7 Å². The van der Waals surface area contributed by atoms with Gasteiger partial charge in [-0.15, -0.1) is 0 Å². The molecule has 1 saturated carbocycles. The summed E-state index contributed by atoms with van der Waals surface area (Å²) in [5, 5.41) is 3.46. The second-order valence-electron chi connectivity index (χ2n) is 11.0. The summed E-state index contributed by atoms with van der Waals surface area (Å²) in [6.45, 7) is 4.86. The van der Waals surface area contributed by atoms with Gasteiger partial charge in [0.05, 0.1) is 11.4 Å². The lowest BCUT2D eigenvalue weighted by Gasteiger charge is -2.35. The van der Waals surface area contributed by atoms with Gasteiger partial charge in [-0.3, -0.25) is 4.98 Å². The summed E-state index contributed by atoms with van der Waals surface area (Å²) in [6.07, 6.45) is 14.4. The molecule has 0 amide bonds. The maximum absolute atomic E-state index is 13.4. The Kier molecular flexibility index (Phi) is 6.54. The van der Waals surface area contributed by atoms with Crippen LogP contribution in [-0.4, -0.2) is 71.1 Å². The van der Waals surface area contributed by atoms with E-state index in [2.05, 4.69) is 20.9 Å². The molecule has 2 saturated heterocycles.